The maximum Gasteiger partial charge on any atom is 0.343 e. The number of carbonyl (C=O) groups is 1. The molecule has 1 unspecified atom stereocenters. The molecular formula is C38H44N2O5. The number of anilines is 1. The molecule has 4 aromatic carbocycles. The van der Waals surface area contributed by atoms with E-state index < -0.39 is 10.9 Å². The monoisotopic (exact) mass is 608 g/mol. The summed E-state index contributed by atoms with van der Waals surface area (Å²) in [7, 11) is 0. The number of nitro benzene ring substituents is 1. The Bertz CT molecular complexity index is 1550. The van der Waals surface area contributed by atoms with Gasteiger partial charge in [-0.15, -0.1) is 0 Å². The normalized spacial score (nSPS) is 11.6. The van der Waals surface area contributed by atoms with Crippen LogP contribution in [0.1, 0.15) is 88.1 Å². The minimum Gasteiger partial charge on any atom is -0.484 e. The molecule has 0 saturated heterocycles. The van der Waals surface area contributed by atoms with E-state index in [1.807, 2.05) is 19.1 Å². The fourth-order valence-corrected chi connectivity index (χ4v) is 5.32. The molecule has 4 rings (SSSR count). The van der Waals surface area contributed by atoms with E-state index in [0.717, 1.165) is 49.7 Å². The van der Waals surface area contributed by atoms with Gasteiger partial charge in [-0.3, -0.25) is 10.1 Å². The largest absolute Gasteiger partial charge is 0.484 e. The van der Waals surface area contributed by atoms with Gasteiger partial charge in [0.15, 0.2) is 5.75 Å². The number of hydrogen-bond acceptors (Lipinski definition) is 6. The zero-order chi connectivity index (χ0) is 32.2. The molecule has 1 atom stereocenters. The molecule has 0 aliphatic rings. The van der Waals surface area contributed by atoms with Gasteiger partial charge < -0.3 is 15.2 Å². The number of benzene rings is 4. The molecule has 0 spiro atoms. The maximum absolute atomic E-state index is 12.9. The molecule has 7 heteroatoms. The summed E-state index contributed by atoms with van der Waals surface area (Å²) in [5.41, 5.74) is 11.5. The van der Waals surface area contributed by atoms with Crippen LogP contribution in [-0.4, -0.2) is 17.0 Å². The molecular weight excluding hydrogens is 564 g/mol. The van der Waals surface area contributed by atoms with Crippen LogP contribution in [0.5, 0.6) is 11.5 Å². The highest BCUT2D eigenvalue weighted by molar-refractivity contribution is 5.92. The number of ether oxygens (including phenoxy) is 2. The third-order valence-electron chi connectivity index (χ3n) is 7.97. The van der Waals surface area contributed by atoms with E-state index in [1.54, 1.807) is 36.4 Å². The van der Waals surface area contributed by atoms with Crippen molar-refractivity contribution in [3.8, 4) is 33.8 Å². The van der Waals surface area contributed by atoms with Crippen molar-refractivity contribution in [2.45, 2.75) is 84.7 Å². The van der Waals surface area contributed by atoms with Gasteiger partial charge in [0.2, 0.25) is 0 Å². The Labute approximate surface area is 266 Å². The van der Waals surface area contributed by atoms with Crippen LogP contribution in [0, 0.1) is 10.1 Å². The SMILES string of the molecule is CCCCCCC(C)Oc1cc(N)c(-c2ccc(C(=O)Oc3ccc(-c4ccc(CCCCC)cc4)cc3)cc2)cc1[N+](=O)[O-]. The molecule has 0 heterocycles. The molecule has 2 N–H and O–H groups in total. The smallest absolute Gasteiger partial charge is 0.343 e. The number of nitrogen functional groups attached to an aromatic ring is 1. The standard InChI is InChI=1S/C38H44N2O5/c1-4-6-8-10-11-27(3)44-37-26-35(39)34(25-36(37)40(42)43)31-17-19-32(20-18-31)38(41)45-33-23-21-30(22-24-33)29-15-13-28(14-16-29)12-9-7-5-2/h13-27H,4-12,39H2,1-3H3. The summed E-state index contributed by atoms with van der Waals surface area (Å²) >= 11 is 0. The van der Waals surface area contributed by atoms with Crippen LogP contribution in [0.2, 0.25) is 0 Å². The molecule has 4 aromatic rings. The first-order valence-electron chi connectivity index (χ1n) is 16.1. The second-order valence-electron chi connectivity index (χ2n) is 11.6. The van der Waals surface area contributed by atoms with E-state index in [-0.39, 0.29) is 17.5 Å². The van der Waals surface area contributed by atoms with Gasteiger partial charge >= 0.3 is 11.7 Å². The van der Waals surface area contributed by atoms with Gasteiger partial charge in [0.05, 0.1) is 16.6 Å². The van der Waals surface area contributed by atoms with E-state index in [1.165, 1.54) is 37.0 Å². The molecule has 45 heavy (non-hydrogen) atoms. The van der Waals surface area contributed by atoms with Crippen molar-refractivity contribution < 1.29 is 19.2 Å². The van der Waals surface area contributed by atoms with E-state index in [2.05, 4.69) is 38.1 Å². The number of rotatable bonds is 16. The lowest BCUT2D eigenvalue weighted by atomic mass is 10.0. The second kappa shape index (κ2) is 16.4. The summed E-state index contributed by atoms with van der Waals surface area (Å²) in [5.74, 6) is 0.107. The second-order valence-corrected chi connectivity index (χ2v) is 11.6. The lowest BCUT2D eigenvalue weighted by molar-refractivity contribution is -0.386. The van der Waals surface area contributed by atoms with Gasteiger partial charge in [-0.25, -0.2) is 4.79 Å². The van der Waals surface area contributed by atoms with E-state index in [0.29, 0.717) is 28.1 Å². The minimum atomic E-state index is -0.499. The van der Waals surface area contributed by atoms with Crippen molar-refractivity contribution in [3.05, 3.63) is 106 Å². The van der Waals surface area contributed by atoms with Crippen molar-refractivity contribution in [1.29, 1.82) is 0 Å². The van der Waals surface area contributed by atoms with Crippen LogP contribution in [0.25, 0.3) is 22.3 Å². The Morgan fingerprint density at radius 1 is 0.800 bits per heavy atom. The lowest BCUT2D eigenvalue weighted by Gasteiger charge is -2.16. The van der Waals surface area contributed by atoms with Gasteiger partial charge in [0.1, 0.15) is 5.75 Å². The first-order chi connectivity index (χ1) is 21.8. The average molecular weight is 609 g/mol. The zero-order valence-corrected chi connectivity index (χ0v) is 26.6. The molecule has 0 amide bonds. The number of unbranched alkanes of at least 4 members (excludes halogenated alkanes) is 5. The molecule has 7 nitrogen and oxygen atoms in total. The molecule has 0 aliphatic carbocycles. The molecule has 0 fully saturated rings. The van der Waals surface area contributed by atoms with Crippen molar-refractivity contribution >= 4 is 17.3 Å². The van der Waals surface area contributed by atoms with E-state index >= 15 is 0 Å². The number of hydrogen-bond donors (Lipinski definition) is 1. The predicted octanol–water partition coefficient (Wildman–Crippen LogP) is 10.2. The van der Waals surface area contributed by atoms with Crippen molar-refractivity contribution in [2.24, 2.45) is 0 Å². The fraction of sp³-hybridized carbons (Fsp3) is 0.342. The Kier molecular flexibility index (Phi) is 12.1. The highest BCUT2D eigenvalue weighted by Gasteiger charge is 2.21. The first kappa shape index (κ1) is 33.2. The van der Waals surface area contributed by atoms with Crippen LogP contribution >= 0.6 is 0 Å². The fourth-order valence-electron chi connectivity index (χ4n) is 5.32. The van der Waals surface area contributed by atoms with Gasteiger partial charge in [0, 0.05) is 23.4 Å². The lowest BCUT2D eigenvalue weighted by Crippen LogP contribution is -2.13. The summed E-state index contributed by atoms with van der Waals surface area (Å²) in [5, 5.41) is 11.9. The number of carbonyl (C=O) groups excluding carboxylic acids is 1. The van der Waals surface area contributed by atoms with E-state index in [4.69, 9.17) is 15.2 Å². The number of esters is 1. The zero-order valence-electron chi connectivity index (χ0n) is 26.6. The number of nitrogens with two attached hydrogens (primary N) is 1. The van der Waals surface area contributed by atoms with Crippen molar-refractivity contribution in [2.75, 3.05) is 5.73 Å². The molecule has 236 valence electrons. The van der Waals surface area contributed by atoms with Gasteiger partial charge in [0.25, 0.3) is 0 Å². The van der Waals surface area contributed by atoms with Crippen LogP contribution in [0.4, 0.5) is 11.4 Å². The van der Waals surface area contributed by atoms with Gasteiger partial charge in [-0.05, 0) is 79.1 Å². The number of nitrogens with zero attached hydrogens (tertiary/aromatic N) is 1. The molecule has 0 radical (unpaired) electrons. The van der Waals surface area contributed by atoms with Crippen LogP contribution in [0.3, 0.4) is 0 Å². The van der Waals surface area contributed by atoms with Crippen LogP contribution in [0.15, 0.2) is 84.9 Å². The van der Waals surface area contributed by atoms with Gasteiger partial charge in [-0.1, -0.05) is 94.5 Å². The van der Waals surface area contributed by atoms with Crippen molar-refractivity contribution in [3.63, 3.8) is 0 Å². The maximum atomic E-state index is 12.9. The summed E-state index contributed by atoms with van der Waals surface area (Å²) in [6, 6.07) is 25.7. The highest BCUT2D eigenvalue weighted by Crippen LogP contribution is 2.38. The Morgan fingerprint density at radius 2 is 1.40 bits per heavy atom. The third kappa shape index (κ3) is 9.42. The Balaban J connectivity index is 1.40. The summed E-state index contributed by atoms with van der Waals surface area (Å²) in [4.78, 5) is 24.3. The first-order valence-corrected chi connectivity index (χ1v) is 16.1. The minimum absolute atomic E-state index is 0.144. The molecule has 0 saturated carbocycles. The number of aryl methyl sites for hydroxylation is 1. The topological polar surface area (TPSA) is 105 Å². The quantitative estimate of drug-likeness (QED) is 0.0339. The Morgan fingerprint density at radius 3 is 2.02 bits per heavy atom. The number of nitro groups is 1. The van der Waals surface area contributed by atoms with Crippen molar-refractivity contribution in [1.82, 2.24) is 0 Å². The molecule has 0 aliphatic heterocycles. The van der Waals surface area contributed by atoms with Gasteiger partial charge in [-0.2, -0.15) is 0 Å². The average Bonchev–Trinajstić information content (AvgIpc) is 3.04. The molecule has 0 bridgehead atoms. The molecule has 0 aromatic heterocycles. The Hall–Kier alpha value is -4.65. The summed E-state index contributed by atoms with van der Waals surface area (Å²) < 4.78 is 11.5. The van der Waals surface area contributed by atoms with Crippen LogP contribution in [-0.2, 0) is 6.42 Å². The summed E-state index contributed by atoms with van der Waals surface area (Å²) in [6.07, 6.45) is 9.82. The predicted molar refractivity (Wildman–Crippen MR) is 182 cm³/mol. The summed E-state index contributed by atoms with van der Waals surface area (Å²) in [6.45, 7) is 6.28. The third-order valence-corrected chi connectivity index (χ3v) is 7.97. The van der Waals surface area contributed by atoms with Crippen LogP contribution < -0.4 is 15.2 Å². The van der Waals surface area contributed by atoms with E-state index in [9.17, 15) is 14.9 Å². The highest BCUT2D eigenvalue weighted by atomic mass is 16.6.